The molecule has 1 N–H and O–H groups in total. The second-order valence-corrected chi connectivity index (χ2v) is 9.10. The highest BCUT2D eigenvalue weighted by molar-refractivity contribution is 7.20. The monoisotopic (exact) mass is 431 g/mol. The number of thiazole rings is 1. The van der Waals surface area contributed by atoms with Crippen molar-refractivity contribution in [3.63, 3.8) is 0 Å². The molecule has 7 heteroatoms. The molecule has 1 aromatic carbocycles. The predicted octanol–water partition coefficient (Wildman–Crippen LogP) is 5.02. The van der Waals surface area contributed by atoms with E-state index < -0.39 is 0 Å². The number of nitrogens with one attached hydrogen (secondary N) is 1. The van der Waals surface area contributed by atoms with Crippen LogP contribution in [0.2, 0.25) is 5.02 Å². The van der Waals surface area contributed by atoms with Gasteiger partial charge in [0, 0.05) is 16.9 Å². The van der Waals surface area contributed by atoms with Gasteiger partial charge in [0.2, 0.25) is 5.91 Å². The Morgan fingerprint density at radius 3 is 2.75 bits per heavy atom. The topological polar surface area (TPSA) is 45.2 Å². The van der Waals surface area contributed by atoms with Crippen LogP contribution in [0.25, 0.3) is 9.88 Å². The van der Waals surface area contributed by atoms with Gasteiger partial charge in [0.05, 0.1) is 23.0 Å². The number of benzene rings is 1. The highest BCUT2D eigenvalue weighted by Crippen LogP contribution is 2.30. The van der Waals surface area contributed by atoms with Crippen molar-refractivity contribution in [2.24, 2.45) is 0 Å². The molecule has 0 saturated carbocycles. The zero-order valence-corrected chi connectivity index (χ0v) is 17.8. The van der Waals surface area contributed by atoms with Gasteiger partial charge >= 0.3 is 0 Å². The van der Waals surface area contributed by atoms with E-state index in [0.717, 1.165) is 39.3 Å². The quantitative estimate of drug-likeness (QED) is 0.571. The summed E-state index contributed by atoms with van der Waals surface area (Å²) < 4.78 is 0. The molecule has 1 aliphatic heterocycles. The van der Waals surface area contributed by atoms with Crippen LogP contribution in [0, 0.1) is 0 Å². The SMILES string of the molecule is O=C(Cc1csc(-c2cccs2)n1)NCC(c1ccccc1Cl)N1CCCC1. The molecule has 0 aliphatic carbocycles. The molecule has 3 heterocycles. The standard InChI is InChI=1S/C21H22ClN3OS2/c22-17-7-2-1-6-16(17)18(25-9-3-4-10-25)13-23-20(26)12-15-14-28-21(24-15)19-8-5-11-27-19/h1-2,5-8,11,14,18H,3-4,9-10,12-13H2,(H,23,26). The molecule has 3 aromatic rings. The maximum absolute atomic E-state index is 12.5. The minimum atomic E-state index is -0.000667. The van der Waals surface area contributed by atoms with Gasteiger partial charge in [-0.15, -0.1) is 22.7 Å². The van der Waals surface area contributed by atoms with E-state index in [0.29, 0.717) is 13.0 Å². The number of amides is 1. The molecular weight excluding hydrogens is 410 g/mol. The van der Waals surface area contributed by atoms with Crippen molar-refractivity contribution in [3.8, 4) is 9.88 Å². The first-order valence-electron chi connectivity index (χ1n) is 9.44. The van der Waals surface area contributed by atoms with E-state index in [4.69, 9.17) is 11.6 Å². The maximum Gasteiger partial charge on any atom is 0.226 e. The molecule has 4 nitrogen and oxygen atoms in total. The number of carbonyl (C=O) groups excluding carboxylic acids is 1. The largest absolute Gasteiger partial charge is 0.354 e. The molecule has 4 rings (SSSR count). The number of thiophene rings is 1. The molecule has 1 aliphatic rings. The van der Waals surface area contributed by atoms with Crippen LogP contribution in [0.3, 0.4) is 0 Å². The average Bonchev–Trinajstić information content (AvgIpc) is 3.46. The summed E-state index contributed by atoms with van der Waals surface area (Å²) in [7, 11) is 0. The fraction of sp³-hybridized carbons (Fsp3) is 0.333. The number of aromatic nitrogens is 1. The van der Waals surface area contributed by atoms with E-state index in [1.165, 1.54) is 12.8 Å². The summed E-state index contributed by atoms with van der Waals surface area (Å²) in [5, 5.41) is 8.85. The summed E-state index contributed by atoms with van der Waals surface area (Å²) >= 11 is 9.70. The van der Waals surface area contributed by atoms with Gasteiger partial charge in [-0.3, -0.25) is 9.69 Å². The maximum atomic E-state index is 12.5. The fourth-order valence-corrected chi connectivity index (χ4v) is 5.47. The van der Waals surface area contributed by atoms with Crippen LogP contribution < -0.4 is 5.32 Å². The molecule has 1 atom stereocenters. The molecule has 1 amide bonds. The first-order chi connectivity index (χ1) is 13.7. The van der Waals surface area contributed by atoms with Crippen LogP contribution in [0.5, 0.6) is 0 Å². The lowest BCUT2D eigenvalue weighted by Gasteiger charge is -2.29. The van der Waals surface area contributed by atoms with Crippen molar-refractivity contribution >= 4 is 40.2 Å². The minimum absolute atomic E-state index is 0.000667. The molecule has 2 aromatic heterocycles. The third-order valence-corrected chi connectivity index (χ3v) is 7.24. The number of hydrogen-bond acceptors (Lipinski definition) is 5. The molecular formula is C21H22ClN3OS2. The van der Waals surface area contributed by atoms with Crippen molar-refractivity contribution in [2.45, 2.75) is 25.3 Å². The number of hydrogen-bond donors (Lipinski definition) is 1. The molecule has 0 radical (unpaired) electrons. The van der Waals surface area contributed by atoms with E-state index >= 15 is 0 Å². The van der Waals surface area contributed by atoms with Crippen LogP contribution in [-0.4, -0.2) is 35.4 Å². The van der Waals surface area contributed by atoms with Gasteiger partial charge in [0.1, 0.15) is 5.01 Å². The average molecular weight is 432 g/mol. The van der Waals surface area contributed by atoms with Crippen molar-refractivity contribution in [2.75, 3.05) is 19.6 Å². The molecule has 28 heavy (non-hydrogen) atoms. The third-order valence-electron chi connectivity index (χ3n) is 4.96. The fourth-order valence-electron chi connectivity index (χ4n) is 3.57. The van der Waals surface area contributed by atoms with Crippen molar-refractivity contribution < 1.29 is 4.79 Å². The molecule has 1 fully saturated rings. The normalized spacial score (nSPS) is 15.6. The van der Waals surface area contributed by atoms with E-state index in [1.54, 1.807) is 22.7 Å². The second-order valence-electron chi connectivity index (χ2n) is 6.88. The van der Waals surface area contributed by atoms with Gasteiger partial charge in [-0.2, -0.15) is 0 Å². The Morgan fingerprint density at radius 2 is 2.00 bits per heavy atom. The Labute approximate surface area is 178 Å². The van der Waals surface area contributed by atoms with E-state index in [1.807, 2.05) is 35.0 Å². The van der Waals surface area contributed by atoms with E-state index in [2.05, 4.69) is 27.3 Å². The Balaban J connectivity index is 1.39. The Bertz CT molecular complexity index is 919. The predicted molar refractivity (Wildman–Crippen MR) is 117 cm³/mol. The molecule has 1 unspecified atom stereocenters. The first kappa shape index (κ1) is 19.6. The van der Waals surface area contributed by atoms with Gasteiger partial charge in [-0.25, -0.2) is 4.98 Å². The van der Waals surface area contributed by atoms with E-state index in [-0.39, 0.29) is 11.9 Å². The second kappa shape index (κ2) is 9.18. The van der Waals surface area contributed by atoms with Crippen molar-refractivity contribution in [3.05, 3.63) is 63.4 Å². The highest BCUT2D eigenvalue weighted by atomic mass is 35.5. The third kappa shape index (κ3) is 4.63. The minimum Gasteiger partial charge on any atom is -0.354 e. The Morgan fingerprint density at radius 1 is 1.18 bits per heavy atom. The molecule has 0 bridgehead atoms. The Hall–Kier alpha value is -1.73. The van der Waals surface area contributed by atoms with Crippen molar-refractivity contribution in [1.29, 1.82) is 0 Å². The summed E-state index contributed by atoms with van der Waals surface area (Å²) in [6, 6.07) is 12.1. The lowest BCUT2D eigenvalue weighted by molar-refractivity contribution is -0.120. The highest BCUT2D eigenvalue weighted by Gasteiger charge is 2.25. The lowest BCUT2D eigenvalue weighted by Crippen LogP contribution is -2.37. The van der Waals surface area contributed by atoms with Crippen molar-refractivity contribution in [1.82, 2.24) is 15.2 Å². The molecule has 0 spiro atoms. The number of likely N-dealkylation sites (tertiary alicyclic amines) is 1. The number of nitrogens with zero attached hydrogens (tertiary/aromatic N) is 2. The number of carbonyl (C=O) groups is 1. The van der Waals surface area contributed by atoms with Crippen LogP contribution in [0.4, 0.5) is 0 Å². The van der Waals surface area contributed by atoms with Gasteiger partial charge in [0.15, 0.2) is 0 Å². The lowest BCUT2D eigenvalue weighted by atomic mass is 10.1. The van der Waals surface area contributed by atoms with Gasteiger partial charge in [0.25, 0.3) is 0 Å². The van der Waals surface area contributed by atoms with Gasteiger partial charge < -0.3 is 5.32 Å². The summed E-state index contributed by atoms with van der Waals surface area (Å²) in [5.41, 5.74) is 1.90. The van der Waals surface area contributed by atoms with Gasteiger partial charge in [-0.1, -0.05) is 35.9 Å². The van der Waals surface area contributed by atoms with Crippen LogP contribution >= 0.6 is 34.3 Å². The summed E-state index contributed by atoms with van der Waals surface area (Å²) in [4.78, 5) is 20.7. The zero-order chi connectivity index (χ0) is 19.3. The van der Waals surface area contributed by atoms with Crippen LogP contribution in [0.15, 0.2) is 47.2 Å². The van der Waals surface area contributed by atoms with Crippen LogP contribution in [-0.2, 0) is 11.2 Å². The van der Waals surface area contributed by atoms with E-state index in [9.17, 15) is 4.79 Å². The zero-order valence-electron chi connectivity index (χ0n) is 15.4. The summed E-state index contributed by atoms with van der Waals surface area (Å²) in [5.74, 6) is -0.000667. The molecule has 1 saturated heterocycles. The smallest absolute Gasteiger partial charge is 0.226 e. The summed E-state index contributed by atoms with van der Waals surface area (Å²) in [6.07, 6.45) is 2.69. The van der Waals surface area contributed by atoms with Crippen LogP contribution in [0.1, 0.15) is 30.1 Å². The molecule has 146 valence electrons. The van der Waals surface area contributed by atoms with Gasteiger partial charge in [-0.05, 0) is 49.0 Å². The Kier molecular flexibility index (Phi) is 6.42. The summed E-state index contributed by atoms with van der Waals surface area (Å²) in [6.45, 7) is 2.65. The number of halogens is 1. The number of rotatable bonds is 7. The first-order valence-corrected chi connectivity index (χ1v) is 11.6.